The predicted molar refractivity (Wildman–Crippen MR) is 127 cm³/mol. The number of nitrogens with one attached hydrogen (secondary N) is 3. The number of thiocarbonyl (C=S) groups is 1. The van der Waals surface area contributed by atoms with Crippen LogP contribution in [0, 0.1) is 6.92 Å². The summed E-state index contributed by atoms with van der Waals surface area (Å²) >= 11 is 11.8. The summed E-state index contributed by atoms with van der Waals surface area (Å²) in [4.78, 5) is 3.39. The first-order valence-corrected chi connectivity index (χ1v) is 10.3. The van der Waals surface area contributed by atoms with Crippen LogP contribution in [-0.4, -0.2) is 16.6 Å². The number of halogens is 1. The lowest BCUT2D eigenvalue weighted by Gasteiger charge is -2.20. The van der Waals surface area contributed by atoms with Gasteiger partial charge in [-0.1, -0.05) is 66.2 Å². The van der Waals surface area contributed by atoms with Gasteiger partial charge in [0.25, 0.3) is 0 Å². The van der Waals surface area contributed by atoms with Gasteiger partial charge in [0.05, 0.1) is 0 Å². The van der Waals surface area contributed by atoms with Gasteiger partial charge in [-0.15, -0.1) is 0 Å². The van der Waals surface area contributed by atoms with Crippen LogP contribution in [0.15, 0.2) is 79.0 Å². The molecule has 5 heteroatoms. The lowest BCUT2D eigenvalue weighted by Crippen LogP contribution is -2.32. The summed E-state index contributed by atoms with van der Waals surface area (Å²) in [5.41, 5.74) is 5.55. The summed E-state index contributed by atoms with van der Waals surface area (Å²) in [6, 6.07) is 24.7. The molecule has 4 rings (SSSR count). The largest absolute Gasteiger partial charge is 0.361 e. The molecule has 3 N–H and O–H groups in total. The molecule has 3 nitrogen and oxygen atoms in total. The Hall–Kier alpha value is -2.82. The number of rotatable bonds is 5. The molecule has 0 saturated carbocycles. The van der Waals surface area contributed by atoms with Gasteiger partial charge in [0, 0.05) is 40.3 Å². The molecule has 146 valence electrons. The van der Waals surface area contributed by atoms with Crippen LogP contribution in [0.4, 0.5) is 5.69 Å². The number of hydrogen-bond donors (Lipinski definition) is 3. The van der Waals surface area contributed by atoms with Crippen molar-refractivity contribution < 1.29 is 0 Å². The molecule has 4 aromatic rings. The first kappa shape index (κ1) is 19.5. The summed E-state index contributed by atoms with van der Waals surface area (Å²) in [6.45, 7) is 2.66. The molecule has 0 spiro atoms. The van der Waals surface area contributed by atoms with Gasteiger partial charge in [-0.05, 0) is 54.0 Å². The minimum Gasteiger partial charge on any atom is -0.361 e. The van der Waals surface area contributed by atoms with Crippen molar-refractivity contribution in [3.63, 3.8) is 0 Å². The number of H-pyrrole nitrogens is 1. The molecule has 0 aliphatic carbocycles. The summed E-state index contributed by atoms with van der Waals surface area (Å²) < 4.78 is 0. The SMILES string of the molecule is Cc1ccc(NC(=S)NC[C@@H](c2ccccc2)c2c[nH]c3ccccc23)cc1Cl. The number of aromatic nitrogens is 1. The minimum absolute atomic E-state index is 0.161. The van der Waals surface area contributed by atoms with Crippen molar-refractivity contribution in [2.45, 2.75) is 12.8 Å². The zero-order valence-electron chi connectivity index (χ0n) is 16.1. The third kappa shape index (κ3) is 4.44. The van der Waals surface area contributed by atoms with Gasteiger partial charge >= 0.3 is 0 Å². The van der Waals surface area contributed by atoms with E-state index in [1.807, 2.05) is 37.3 Å². The zero-order chi connectivity index (χ0) is 20.2. The second-order valence-electron chi connectivity index (χ2n) is 7.05. The molecule has 1 aromatic heterocycles. The van der Waals surface area contributed by atoms with Crippen LogP contribution in [0.2, 0.25) is 5.02 Å². The van der Waals surface area contributed by atoms with Gasteiger partial charge in [-0.2, -0.15) is 0 Å². The molecule has 0 bridgehead atoms. The molecule has 0 fully saturated rings. The Morgan fingerprint density at radius 1 is 1.03 bits per heavy atom. The van der Waals surface area contributed by atoms with E-state index in [9.17, 15) is 0 Å². The molecule has 0 unspecified atom stereocenters. The predicted octanol–water partition coefficient (Wildman–Crippen LogP) is 6.25. The summed E-state index contributed by atoms with van der Waals surface area (Å²) in [5.74, 6) is 0.161. The highest BCUT2D eigenvalue weighted by Crippen LogP contribution is 2.30. The molecular formula is C24H22ClN3S. The van der Waals surface area contributed by atoms with Crippen LogP contribution >= 0.6 is 23.8 Å². The Morgan fingerprint density at radius 3 is 2.59 bits per heavy atom. The van der Waals surface area contributed by atoms with Crippen molar-refractivity contribution in [2.24, 2.45) is 0 Å². The van der Waals surface area contributed by atoms with Crippen molar-refractivity contribution in [3.05, 3.63) is 101 Å². The van der Waals surface area contributed by atoms with Crippen molar-refractivity contribution >= 4 is 45.5 Å². The molecule has 29 heavy (non-hydrogen) atoms. The Balaban J connectivity index is 1.55. The molecule has 3 aromatic carbocycles. The van der Waals surface area contributed by atoms with Crippen molar-refractivity contribution in [3.8, 4) is 0 Å². The van der Waals surface area contributed by atoms with Gasteiger partial charge in [-0.25, -0.2) is 0 Å². The number of hydrogen-bond acceptors (Lipinski definition) is 1. The lowest BCUT2D eigenvalue weighted by molar-refractivity contribution is 0.766. The van der Waals surface area contributed by atoms with Crippen LogP contribution in [0.1, 0.15) is 22.6 Å². The van der Waals surface area contributed by atoms with Crippen LogP contribution in [0.5, 0.6) is 0 Å². The zero-order valence-corrected chi connectivity index (χ0v) is 17.6. The number of benzene rings is 3. The second-order valence-corrected chi connectivity index (χ2v) is 7.87. The monoisotopic (exact) mass is 419 g/mol. The Morgan fingerprint density at radius 2 is 1.79 bits per heavy atom. The Kier molecular flexibility index (Phi) is 5.84. The summed E-state index contributed by atoms with van der Waals surface area (Å²) in [6.07, 6.45) is 2.10. The average Bonchev–Trinajstić information content (AvgIpc) is 3.16. The maximum absolute atomic E-state index is 6.22. The highest BCUT2D eigenvalue weighted by molar-refractivity contribution is 7.80. The first-order chi connectivity index (χ1) is 14.1. The van der Waals surface area contributed by atoms with Gasteiger partial charge < -0.3 is 15.6 Å². The molecule has 0 aliphatic rings. The van der Waals surface area contributed by atoms with Crippen LogP contribution < -0.4 is 10.6 Å². The van der Waals surface area contributed by atoms with E-state index in [0.29, 0.717) is 11.7 Å². The molecule has 1 atom stereocenters. The third-order valence-corrected chi connectivity index (χ3v) is 5.75. The smallest absolute Gasteiger partial charge is 0.170 e. The maximum atomic E-state index is 6.22. The fourth-order valence-electron chi connectivity index (χ4n) is 3.52. The van der Waals surface area contributed by atoms with Gasteiger partial charge in [-0.3, -0.25) is 0 Å². The van der Waals surface area contributed by atoms with E-state index in [0.717, 1.165) is 21.8 Å². The Bertz CT molecular complexity index is 1140. The lowest BCUT2D eigenvalue weighted by atomic mass is 9.91. The average molecular weight is 420 g/mol. The number of aryl methyl sites for hydroxylation is 1. The molecule has 0 radical (unpaired) electrons. The molecule has 0 saturated heterocycles. The normalized spacial score (nSPS) is 11.9. The van der Waals surface area contributed by atoms with E-state index in [1.165, 1.54) is 16.5 Å². The standard InChI is InChI=1S/C24H22ClN3S/c1-16-11-12-18(13-22(16)25)28-24(29)27-14-20(17-7-3-2-4-8-17)21-15-26-23-10-6-5-9-19(21)23/h2-13,15,20,26H,14H2,1H3,(H2,27,28,29)/t20-/m0/s1. The second kappa shape index (κ2) is 8.68. The molecule has 0 aliphatic heterocycles. The van der Waals surface area contributed by atoms with Crippen molar-refractivity contribution in [1.29, 1.82) is 0 Å². The van der Waals surface area contributed by atoms with Crippen LogP contribution in [-0.2, 0) is 0 Å². The Labute approximate surface area is 181 Å². The fourth-order valence-corrected chi connectivity index (χ4v) is 3.90. The van der Waals surface area contributed by atoms with Crippen LogP contribution in [0.25, 0.3) is 10.9 Å². The van der Waals surface area contributed by atoms with Gasteiger partial charge in [0.15, 0.2) is 5.11 Å². The molecular weight excluding hydrogens is 398 g/mol. The maximum Gasteiger partial charge on any atom is 0.170 e. The van der Waals surface area contributed by atoms with Crippen molar-refractivity contribution in [1.82, 2.24) is 10.3 Å². The van der Waals surface area contributed by atoms with Crippen molar-refractivity contribution in [2.75, 3.05) is 11.9 Å². The summed E-state index contributed by atoms with van der Waals surface area (Å²) in [7, 11) is 0. The molecule has 1 heterocycles. The first-order valence-electron chi connectivity index (χ1n) is 9.54. The van der Waals surface area contributed by atoms with Gasteiger partial charge in [0.1, 0.15) is 0 Å². The van der Waals surface area contributed by atoms with E-state index in [-0.39, 0.29) is 5.92 Å². The minimum atomic E-state index is 0.161. The fraction of sp³-hybridized carbons (Fsp3) is 0.125. The van der Waals surface area contributed by atoms with E-state index >= 15 is 0 Å². The number of para-hydroxylation sites is 1. The number of aromatic amines is 1. The van der Waals surface area contributed by atoms with Crippen LogP contribution in [0.3, 0.4) is 0 Å². The highest BCUT2D eigenvalue weighted by atomic mass is 35.5. The van der Waals surface area contributed by atoms with Gasteiger partial charge in [0.2, 0.25) is 0 Å². The number of fused-ring (bicyclic) bond motifs is 1. The van der Waals surface area contributed by atoms with E-state index in [1.54, 1.807) is 0 Å². The quantitative estimate of drug-likeness (QED) is 0.335. The van der Waals surface area contributed by atoms with E-state index in [2.05, 4.69) is 64.3 Å². The number of anilines is 1. The topological polar surface area (TPSA) is 39.8 Å². The third-order valence-electron chi connectivity index (χ3n) is 5.10. The van der Waals surface area contributed by atoms with E-state index < -0.39 is 0 Å². The highest BCUT2D eigenvalue weighted by Gasteiger charge is 2.18. The molecule has 0 amide bonds. The summed E-state index contributed by atoms with van der Waals surface area (Å²) in [5, 5.41) is 9.13. The van der Waals surface area contributed by atoms with E-state index in [4.69, 9.17) is 23.8 Å².